The van der Waals surface area contributed by atoms with E-state index in [1.807, 2.05) is 20.0 Å². The minimum atomic E-state index is 0.198. The van der Waals surface area contributed by atoms with Gasteiger partial charge in [-0.3, -0.25) is 9.81 Å². The lowest BCUT2D eigenvalue weighted by atomic mass is 10.3. The molecule has 3 N–H and O–H groups in total. The van der Waals surface area contributed by atoms with Gasteiger partial charge >= 0.3 is 0 Å². The van der Waals surface area contributed by atoms with Crippen LogP contribution in [0.25, 0.3) is 4.96 Å². The predicted molar refractivity (Wildman–Crippen MR) is 58.2 cm³/mol. The molecule has 0 fully saturated rings. The van der Waals surface area contributed by atoms with Gasteiger partial charge in [0, 0.05) is 23.2 Å². The highest BCUT2D eigenvalue weighted by Crippen LogP contribution is 2.20. The van der Waals surface area contributed by atoms with Crippen LogP contribution in [-0.4, -0.2) is 15.2 Å². The van der Waals surface area contributed by atoms with E-state index in [0.717, 1.165) is 21.2 Å². The van der Waals surface area contributed by atoms with E-state index in [-0.39, 0.29) is 5.84 Å². The first-order chi connectivity index (χ1) is 6.58. The van der Waals surface area contributed by atoms with Crippen molar-refractivity contribution in [2.45, 2.75) is 20.3 Å². The summed E-state index contributed by atoms with van der Waals surface area (Å²) in [6.45, 7) is 4.04. The zero-order chi connectivity index (χ0) is 10.3. The van der Waals surface area contributed by atoms with Gasteiger partial charge in [-0.05, 0) is 13.8 Å². The normalized spacial score (nSPS) is 11.0. The molecule has 2 aromatic heterocycles. The van der Waals surface area contributed by atoms with Gasteiger partial charge in [0.1, 0.15) is 0 Å². The highest BCUT2D eigenvalue weighted by molar-refractivity contribution is 7.17. The number of nitrogens with two attached hydrogens (primary N) is 1. The smallest absolute Gasteiger partial charge is 0.194 e. The summed E-state index contributed by atoms with van der Waals surface area (Å²) in [5.74, 6) is 0.198. The Bertz CT molecular complexity index is 494. The van der Waals surface area contributed by atoms with Crippen molar-refractivity contribution < 1.29 is 0 Å². The monoisotopic (exact) mass is 208 g/mol. The van der Waals surface area contributed by atoms with Crippen LogP contribution in [0.15, 0.2) is 6.20 Å². The van der Waals surface area contributed by atoms with Gasteiger partial charge in [0.15, 0.2) is 4.96 Å². The third-order valence-electron chi connectivity index (χ3n) is 2.21. The molecular weight excluding hydrogens is 196 g/mol. The second-order valence-corrected chi connectivity index (χ2v) is 4.43. The second kappa shape index (κ2) is 3.09. The topological polar surface area (TPSA) is 67.2 Å². The van der Waals surface area contributed by atoms with E-state index >= 15 is 0 Å². The molecule has 5 heteroatoms. The zero-order valence-electron chi connectivity index (χ0n) is 8.16. The number of aryl methyl sites for hydroxylation is 2. The van der Waals surface area contributed by atoms with Crippen molar-refractivity contribution in [1.82, 2.24) is 9.38 Å². The Balaban J connectivity index is 2.48. The summed E-state index contributed by atoms with van der Waals surface area (Å²) in [5.41, 5.74) is 7.56. The van der Waals surface area contributed by atoms with Crippen LogP contribution >= 0.6 is 11.3 Å². The number of rotatable bonds is 2. The van der Waals surface area contributed by atoms with Crippen LogP contribution in [0.1, 0.15) is 16.3 Å². The molecule has 0 radical (unpaired) electrons. The van der Waals surface area contributed by atoms with E-state index in [1.165, 1.54) is 0 Å². The first-order valence-electron chi connectivity index (χ1n) is 4.35. The third kappa shape index (κ3) is 1.39. The van der Waals surface area contributed by atoms with Gasteiger partial charge in [-0.2, -0.15) is 0 Å². The molecule has 74 valence electrons. The molecule has 0 bridgehead atoms. The van der Waals surface area contributed by atoms with E-state index < -0.39 is 0 Å². The van der Waals surface area contributed by atoms with Gasteiger partial charge in [0.05, 0.1) is 11.5 Å². The number of hydrogen-bond acceptors (Lipinski definition) is 3. The lowest BCUT2D eigenvalue weighted by molar-refractivity contribution is 1.10. The summed E-state index contributed by atoms with van der Waals surface area (Å²) in [6, 6.07) is 0. The first-order valence-corrected chi connectivity index (χ1v) is 5.16. The van der Waals surface area contributed by atoms with Crippen LogP contribution in [0.5, 0.6) is 0 Å². The van der Waals surface area contributed by atoms with Crippen LogP contribution in [0.4, 0.5) is 0 Å². The van der Waals surface area contributed by atoms with Gasteiger partial charge in [-0.25, -0.2) is 4.98 Å². The molecular formula is C9H12N4S. The maximum Gasteiger partial charge on any atom is 0.194 e. The molecule has 0 atom stereocenters. The average molecular weight is 208 g/mol. The number of imidazole rings is 1. The van der Waals surface area contributed by atoms with Crippen molar-refractivity contribution >= 4 is 22.1 Å². The molecule has 0 saturated heterocycles. The standard InChI is InChI=1S/C9H12N4S/c1-5-6(2)13-4-7(3-8(10)11)14-9(13)12-5/h4H,3H2,1-2H3,(H3,10,11). The number of hydrogen-bond donors (Lipinski definition) is 2. The summed E-state index contributed by atoms with van der Waals surface area (Å²) >= 11 is 1.59. The van der Waals surface area contributed by atoms with Crippen molar-refractivity contribution in [3.63, 3.8) is 0 Å². The molecule has 0 aliphatic rings. The predicted octanol–water partition coefficient (Wildman–Crippen LogP) is 1.49. The van der Waals surface area contributed by atoms with Crippen LogP contribution in [-0.2, 0) is 6.42 Å². The lowest BCUT2D eigenvalue weighted by Crippen LogP contribution is -2.11. The maximum atomic E-state index is 7.21. The third-order valence-corrected chi connectivity index (χ3v) is 3.20. The number of nitrogens with zero attached hydrogens (tertiary/aromatic N) is 2. The van der Waals surface area contributed by atoms with Gasteiger partial charge in [-0.15, -0.1) is 11.3 Å². The summed E-state index contributed by atoms with van der Waals surface area (Å²) < 4.78 is 2.05. The van der Waals surface area contributed by atoms with E-state index in [4.69, 9.17) is 11.1 Å². The number of amidine groups is 1. The van der Waals surface area contributed by atoms with E-state index in [1.54, 1.807) is 11.3 Å². The Morgan fingerprint density at radius 1 is 1.64 bits per heavy atom. The summed E-state index contributed by atoms with van der Waals surface area (Å²) in [7, 11) is 0. The molecule has 2 heterocycles. The Morgan fingerprint density at radius 3 is 2.93 bits per heavy atom. The van der Waals surface area contributed by atoms with Gasteiger partial charge < -0.3 is 5.73 Å². The molecule has 0 unspecified atom stereocenters. The molecule has 2 rings (SSSR count). The minimum Gasteiger partial charge on any atom is -0.387 e. The molecule has 0 spiro atoms. The molecule has 0 saturated carbocycles. The molecule has 2 aromatic rings. The Hall–Kier alpha value is -1.36. The fourth-order valence-electron chi connectivity index (χ4n) is 1.38. The maximum absolute atomic E-state index is 7.21. The Labute approximate surface area is 85.9 Å². The fourth-order valence-corrected chi connectivity index (χ4v) is 2.47. The van der Waals surface area contributed by atoms with Gasteiger partial charge in [0.25, 0.3) is 0 Å². The Kier molecular flexibility index (Phi) is 2.03. The number of aromatic nitrogens is 2. The molecule has 0 amide bonds. The summed E-state index contributed by atoms with van der Waals surface area (Å²) in [4.78, 5) is 6.48. The van der Waals surface area contributed by atoms with Crippen molar-refractivity contribution in [1.29, 1.82) is 5.41 Å². The number of fused-ring (bicyclic) bond motifs is 1. The van der Waals surface area contributed by atoms with Crippen molar-refractivity contribution in [2.24, 2.45) is 5.73 Å². The van der Waals surface area contributed by atoms with E-state index in [9.17, 15) is 0 Å². The lowest BCUT2D eigenvalue weighted by Gasteiger charge is -1.92. The highest BCUT2D eigenvalue weighted by atomic mass is 32.1. The molecule has 14 heavy (non-hydrogen) atoms. The number of thiazole rings is 1. The van der Waals surface area contributed by atoms with Gasteiger partial charge in [-0.1, -0.05) is 0 Å². The summed E-state index contributed by atoms with van der Waals surface area (Å²) in [6.07, 6.45) is 2.53. The quantitative estimate of drug-likeness (QED) is 0.580. The Morgan fingerprint density at radius 2 is 2.36 bits per heavy atom. The molecule has 0 aromatic carbocycles. The van der Waals surface area contributed by atoms with E-state index in [2.05, 4.69) is 9.38 Å². The van der Waals surface area contributed by atoms with E-state index in [0.29, 0.717) is 6.42 Å². The first kappa shape index (κ1) is 9.21. The fraction of sp³-hybridized carbons (Fsp3) is 0.333. The second-order valence-electron chi connectivity index (χ2n) is 3.33. The molecule has 0 aliphatic heterocycles. The average Bonchev–Trinajstić information content (AvgIpc) is 2.54. The minimum absolute atomic E-state index is 0.198. The van der Waals surface area contributed by atoms with Crippen LogP contribution in [0.2, 0.25) is 0 Å². The van der Waals surface area contributed by atoms with Crippen LogP contribution in [0, 0.1) is 19.3 Å². The van der Waals surface area contributed by atoms with Crippen molar-refractivity contribution in [2.75, 3.05) is 0 Å². The zero-order valence-corrected chi connectivity index (χ0v) is 8.98. The van der Waals surface area contributed by atoms with Crippen molar-refractivity contribution in [3.8, 4) is 0 Å². The molecule has 0 aliphatic carbocycles. The largest absolute Gasteiger partial charge is 0.387 e. The summed E-state index contributed by atoms with van der Waals surface area (Å²) in [5, 5.41) is 7.21. The van der Waals surface area contributed by atoms with Crippen molar-refractivity contribution in [3.05, 3.63) is 22.5 Å². The molecule has 4 nitrogen and oxygen atoms in total. The highest BCUT2D eigenvalue weighted by Gasteiger charge is 2.08. The van der Waals surface area contributed by atoms with Crippen LogP contribution in [0.3, 0.4) is 0 Å². The van der Waals surface area contributed by atoms with Gasteiger partial charge in [0.2, 0.25) is 0 Å². The number of nitrogens with one attached hydrogen (secondary N) is 1. The van der Waals surface area contributed by atoms with Crippen LogP contribution < -0.4 is 5.73 Å². The SMILES string of the molecule is Cc1nc2sc(CC(=N)N)cn2c1C.